The summed E-state index contributed by atoms with van der Waals surface area (Å²) in [6.07, 6.45) is 1.63. The SMILES string of the molecule is CC1=C(C(=O)O)C(c2ccccc2[N+](=O)[O-])C2=C(CCCC2=O)N1. The number of hydrogen-bond acceptors (Lipinski definition) is 5. The summed E-state index contributed by atoms with van der Waals surface area (Å²) in [6.45, 7) is 1.62. The van der Waals surface area contributed by atoms with Crippen molar-refractivity contribution in [3.05, 3.63) is 62.5 Å². The molecule has 0 aromatic heterocycles. The van der Waals surface area contributed by atoms with Gasteiger partial charge < -0.3 is 10.4 Å². The number of nitrogens with zero attached hydrogens (tertiary/aromatic N) is 1. The predicted octanol–water partition coefficient (Wildman–Crippen LogP) is 2.65. The van der Waals surface area contributed by atoms with Gasteiger partial charge in [0.15, 0.2) is 5.78 Å². The van der Waals surface area contributed by atoms with Crippen LogP contribution in [-0.2, 0) is 9.59 Å². The van der Waals surface area contributed by atoms with Crippen molar-refractivity contribution in [1.82, 2.24) is 5.32 Å². The summed E-state index contributed by atoms with van der Waals surface area (Å²) in [5, 5.41) is 24.1. The molecule has 0 saturated heterocycles. The van der Waals surface area contributed by atoms with Crippen LogP contribution in [0.2, 0.25) is 0 Å². The molecule has 0 amide bonds. The monoisotopic (exact) mass is 328 g/mol. The number of nitro benzene ring substituents is 1. The van der Waals surface area contributed by atoms with Gasteiger partial charge in [0.25, 0.3) is 5.69 Å². The van der Waals surface area contributed by atoms with E-state index in [4.69, 9.17) is 0 Å². The Kier molecular flexibility index (Phi) is 3.92. The van der Waals surface area contributed by atoms with Crippen molar-refractivity contribution in [3.63, 3.8) is 0 Å². The van der Waals surface area contributed by atoms with Crippen molar-refractivity contribution in [3.8, 4) is 0 Å². The Hall–Kier alpha value is -2.96. The van der Waals surface area contributed by atoms with Gasteiger partial charge >= 0.3 is 5.97 Å². The maximum absolute atomic E-state index is 12.5. The molecule has 1 unspecified atom stereocenters. The number of rotatable bonds is 3. The van der Waals surface area contributed by atoms with Gasteiger partial charge in [0.05, 0.1) is 16.4 Å². The number of nitro groups is 1. The van der Waals surface area contributed by atoms with Gasteiger partial charge in [0, 0.05) is 35.0 Å². The molecule has 1 atom stereocenters. The largest absolute Gasteiger partial charge is 0.478 e. The summed E-state index contributed by atoms with van der Waals surface area (Å²) in [5.74, 6) is -2.26. The molecule has 3 rings (SSSR count). The number of carbonyl (C=O) groups excluding carboxylic acids is 1. The van der Waals surface area contributed by atoms with E-state index < -0.39 is 16.8 Å². The normalized spacial score (nSPS) is 20.5. The van der Waals surface area contributed by atoms with Gasteiger partial charge in [0.1, 0.15) is 0 Å². The Balaban J connectivity index is 2.28. The minimum atomic E-state index is -1.19. The highest BCUT2D eigenvalue weighted by Crippen LogP contribution is 2.44. The van der Waals surface area contributed by atoms with Crippen LogP contribution in [0, 0.1) is 10.1 Å². The van der Waals surface area contributed by atoms with Crippen molar-refractivity contribution in [2.45, 2.75) is 32.1 Å². The molecule has 7 heteroatoms. The summed E-state index contributed by atoms with van der Waals surface area (Å²) in [5.41, 5.74) is 1.48. The van der Waals surface area contributed by atoms with Gasteiger partial charge in [-0.3, -0.25) is 14.9 Å². The summed E-state index contributed by atoms with van der Waals surface area (Å²) in [4.78, 5) is 35.1. The molecule has 0 fully saturated rings. The van der Waals surface area contributed by atoms with Crippen LogP contribution in [-0.4, -0.2) is 21.8 Å². The van der Waals surface area contributed by atoms with Gasteiger partial charge in [-0.2, -0.15) is 0 Å². The van der Waals surface area contributed by atoms with Crippen molar-refractivity contribution >= 4 is 17.4 Å². The summed E-state index contributed by atoms with van der Waals surface area (Å²) in [6, 6.07) is 6.00. The summed E-state index contributed by atoms with van der Waals surface area (Å²) >= 11 is 0. The highest BCUT2D eigenvalue weighted by atomic mass is 16.6. The second-order valence-corrected chi connectivity index (χ2v) is 5.89. The lowest BCUT2D eigenvalue weighted by Gasteiger charge is -2.33. The van der Waals surface area contributed by atoms with E-state index in [1.54, 1.807) is 13.0 Å². The first kappa shape index (κ1) is 15.9. The number of hydrogen-bond donors (Lipinski definition) is 2. The molecule has 1 aromatic carbocycles. The van der Waals surface area contributed by atoms with Crippen LogP contribution < -0.4 is 5.32 Å². The zero-order valence-corrected chi connectivity index (χ0v) is 13.0. The van der Waals surface area contributed by atoms with Crippen molar-refractivity contribution < 1.29 is 19.6 Å². The van der Waals surface area contributed by atoms with E-state index in [9.17, 15) is 24.8 Å². The van der Waals surface area contributed by atoms with E-state index in [2.05, 4.69) is 5.32 Å². The molecule has 0 saturated carbocycles. The zero-order chi connectivity index (χ0) is 17.4. The van der Waals surface area contributed by atoms with E-state index in [0.29, 0.717) is 36.2 Å². The first-order valence-electron chi connectivity index (χ1n) is 7.62. The van der Waals surface area contributed by atoms with Gasteiger partial charge in [0.2, 0.25) is 0 Å². The lowest BCUT2D eigenvalue weighted by atomic mass is 9.75. The minimum absolute atomic E-state index is 0.0155. The molecule has 0 spiro atoms. The number of para-hydroxylation sites is 1. The molecule has 0 radical (unpaired) electrons. The Morgan fingerprint density at radius 2 is 2.04 bits per heavy atom. The number of carboxylic acid groups (broad SMARTS) is 1. The molecule has 1 aromatic rings. The number of nitrogens with one attached hydrogen (secondary N) is 1. The van der Waals surface area contributed by atoms with Crippen molar-refractivity contribution in [2.24, 2.45) is 0 Å². The minimum Gasteiger partial charge on any atom is -0.478 e. The Bertz CT molecular complexity index is 822. The summed E-state index contributed by atoms with van der Waals surface area (Å²) in [7, 11) is 0. The first-order chi connectivity index (χ1) is 11.4. The fourth-order valence-corrected chi connectivity index (χ4v) is 3.48. The highest BCUT2D eigenvalue weighted by molar-refractivity contribution is 6.03. The van der Waals surface area contributed by atoms with E-state index in [0.717, 1.165) is 0 Å². The number of benzene rings is 1. The van der Waals surface area contributed by atoms with Crippen molar-refractivity contribution in [1.29, 1.82) is 0 Å². The molecule has 1 heterocycles. The number of Topliss-reactive ketones (excluding diaryl/α,β-unsaturated/α-hetero) is 1. The first-order valence-corrected chi connectivity index (χ1v) is 7.62. The van der Waals surface area contributed by atoms with E-state index >= 15 is 0 Å². The van der Waals surface area contributed by atoms with Gasteiger partial charge in [-0.15, -0.1) is 0 Å². The zero-order valence-electron chi connectivity index (χ0n) is 13.0. The van der Waals surface area contributed by atoms with Crippen LogP contribution in [0.15, 0.2) is 46.8 Å². The van der Waals surface area contributed by atoms with Gasteiger partial charge in [-0.25, -0.2) is 4.79 Å². The number of ketones is 1. The van der Waals surface area contributed by atoms with Crippen LogP contribution in [0.3, 0.4) is 0 Å². The maximum atomic E-state index is 12.5. The predicted molar refractivity (Wildman–Crippen MR) is 85.2 cm³/mol. The second-order valence-electron chi connectivity index (χ2n) is 5.89. The number of carboxylic acids is 1. The molecule has 24 heavy (non-hydrogen) atoms. The Labute approximate surface area is 137 Å². The third-order valence-corrected chi connectivity index (χ3v) is 4.45. The molecule has 2 aliphatic rings. The fourth-order valence-electron chi connectivity index (χ4n) is 3.48. The number of carbonyl (C=O) groups is 2. The summed E-state index contributed by atoms with van der Waals surface area (Å²) < 4.78 is 0. The molecule has 124 valence electrons. The fraction of sp³-hybridized carbons (Fsp3) is 0.294. The molecule has 7 nitrogen and oxygen atoms in total. The molecular formula is C17H16N2O5. The van der Waals surface area contributed by atoms with Crippen LogP contribution in [0.25, 0.3) is 0 Å². The lowest BCUT2D eigenvalue weighted by molar-refractivity contribution is -0.385. The molecule has 1 aliphatic heterocycles. The highest BCUT2D eigenvalue weighted by Gasteiger charge is 2.40. The van der Waals surface area contributed by atoms with Crippen LogP contribution in [0.5, 0.6) is 0 Å². The average Bonchev–Trinajstić information content (AvgIpc) is 2.53. The van der Waals surface area contributed by atoms with Crippen LogP contribution in [0.4, 0.5) is 5.69 Å². The van der Waals surface area contributed by atoms with Gasteiger partial charge in [-0.05, 0) is 19.8 Å². The second kappa shape index (κ2) is 5.92. The molecule has 2 N–H and O–H groups in total. The standard InChI is InChI=1S/C17H16N2O5/c1-9-14(17(21)22)15(10-5-2-3-7-12(10)19(23)24)16-11(18-9)6-4-8-13(16)20/h2-3,5,7,15,18H,4,6,8H2,1H3,(H,21,22). The average molecular weight is 328 g/mol. The lowest BCUT2D eigenvalue weighted by Crippen LogP contribution is -2.34. The van der Waals surface area contributed by atoms with E-state index in [1.165, 1.54) is 18.2 Å². The van der Waals surface area contributed by atoms with E-state index in [-0.39, 0.29) is 22.6 Å². The van der Waals surface area contributed by atoms with Crippen LogP contribution in [0.1, 0.15) is 37.7 Å². The maximum Gasteiger partial charge on any atom is 0.334 e. The van der Waals surface area contributed by atoms with Crippen LogP contribution >= 0.6 is 0 Å². The molecular weight excluding hydrogens is 312 g/mol. The third kappa shape index (κ3) is 2.47. The number of allylic oxidation sites excluding steroid dienone is 3. The smallest absolute Gasteiger partial charge is 0.334 e. The number of aliphatic carboxylic acids is 1. The third-order valence-electron chi connectivity index (χ3n) is 4.45. The Morgan fingerprint density at radius 1 is 1.33 bits per heavy atom. The molecule has 0 bridgehead atoms. The topological polar surface area (TPSA) is 110 Å². The van der Waals surface area contributed by atoms with Gasteiger partial charge in [-0.1, -0.05) is 18.2 Å². The van der Waals surface area contributed by atoms with Crippen molar-refractivity contribution in [2.75, 3.05) is 0 Å². The Morgan fingerprint density at radius 3 is 2.71 bits per heavy atom. The van der Waals surface area contributed by atoms with E-state index in [1.807, 2.05) is 0 Å². The quantitative estimate of drug-likeness (QED) is 0.652. The number of dihydropyridines is 1. The molecule has 1 aliphatic carbocycles.